The Hall–Kier alpha value is -1.60. The summed E-state index contributed by atoms with van der Waals surface area (Å²) in [7, 11) is 0. The van der Waals surface area contributed by atoms with Crippen LogP contribution in [0.2, 0.25) is 0 Å². The van der Waals surface area contributed by atoms with Crippen LogP contribution in [-0.4, -0.2) is 34.5 Å². The zero-order valence-electron chi connectivity index (χ0n) is 10.5. The van der Waals surface area contributed by atoms with Crippen LogP contribution in [-0.2, 0) is 4.79 Å². The Balaban J connectivity index is 2.74. The van der Waals surface area contributed by atoms with Gasteiger partial charge in [-0.3, -0.25) is 4.79 Å². The van der Waals surface area contributed by atoms with Gasteiger partial charge in [0.2, 0.25) is 0 Å². The molecule has 0 aromatic heterocycles. The highest BCUT2D eigenvalue weighted by molar-refractivity contribution is 5.76. The minimum Gasteiger partial charge on any atom is -0.481 e. The van der Waals surface area contributed by atoms with Crippen molar-refractivity contribution in [1.82, 2.24) is 0 Å². The quantitative estimate of drug-likeness (QED) is 0.747. The molecule has 0 saturated carbocycles. The maximum atomic E-state index is 12.2. The van der Waals surface area contributed by atoms with Gasteiger partial charge in [-0.25, -0.2) is 0 Å². The van der Waals surface area contributed by atoms with Gasteiger partial charge in [0.25, 0.3) is 0 Å². The van der Waals surface area contributed by atoms with E-state index >= 15 is 0 Å². The number of aliphatic hydroxyl groups excluding tert-OH is 1. The highest BCUT2D eigenvalue weighted by Gasteiger charge is 2.35. The van der Waals surface area contributed by atoms with E-state index in [9.17, 15) is 23.1 Å². The monoisotopic (exact) mass is 291 g/mol. The molecule has 20 heavy (non-hydrogen) atoms. The molecule has 0 heterocycles. The number of hydrogen-bond acceptors (Lipinski definition) is 3. The van der Waals surface area contributed by atoms with Crippen molar-refractivity contribution in [2.75, 3.05) is 0 Å². The van der Waals surface area contributed by atoms with E-state index in [4.69, 9.17) is 10.8 Å². The Morgan fingerprint density at radius 3 is 2.25 bits per heavy atom. The van der Waals surface area contributed by atoms with Crippen molar-refractivity contribution in [1.29, 1.82) is 0 Å². The molecular weight excluding hydrogens is 275 g/mol. The summed E-state index contributed by atoms with van der Waals surface area (Å²) in [4.78, 5) is 11.2. The first-order chi connectivity index (χ1) is 9.20. The van der Waals surface area contributed by atoms with Gasteiger partial charge >= 0.3 is 12.1 Å². The maximum absolute atomic E-state index is 12.2. The third-order valence-corrected chi connectivity index (χ3v) is 2.94. The Labute approximate surface area is 114 Å². The van der Waals surface area contributed by atoms with Gasteiger partial charge in [0.1, 0.15) is 0 Å². The van der Waals surface area contributed by atoms with E-state index in [1.54, 1.807) is 30.3 Å². The molecule has 3 unspecified atom stereocenters. The number of carbonyl (C=O) groups is 1. The molecule has 1 rings (SSSR count). The molecule has 0 bridgehead atoms. The third-order valence-electron chi connectivity index (χ3n) is 2.94. The highest BCUT2D eigenvalue weighted by atomic mass is 19.4. The molecule has 0 saturated heterocycles. The summed E-state index contributed by atoms with van der Waals surface area (Å²) in [5.74, 6) is -2.31. The molecule has 1 aromatic carbocycles. The van der Waals surface area contributed by atoms with E-state index in [2.05, 4.69) is 0 Å². The van der Waals surface area contributed by atoms with Crippen molar-refractivity contribution in [3.8, 4) is 0 Å². The van der Waals surface area contributed by atoms with Gasteiger partial charge in [-0.2, -0.15) is 13.2 Å². The lowest BCUT2D eigenvalue weighted by molar-refractivity contribution is -0.145. The molecular formula is C13H16F3NO3. The van der Waals surface area contributed by atoms with Crippen molar-refractivity contribution in [3.05, 3.63) is 35.9 Å². The average molecular weight is 291 g/mol. The van der Waals surface area contributed by atoms with Gasteiger partial charge in [-0.15, -0.1) is 0 Å². The fraction of sp³-hybridized carbons (Fsp3) is 0.462. The standard InChI is InChI=1S/C13H16F3NO3/c14-13(15,16)7-10(17)11(18)6-9(12(19)20)8-4-2-1-3-5-8/h1-5,9-11,18H,6-7,17H2,(H,19,20). The largest absolute Gasteiger partial charge is 0.481 e. The molecule has 0 amide bonds. The molecule has 0 spiro atoms. The Bertz CT molecular complexity index is 436. The predicted molar refractivity (Wildman–Crippen MR) is 66.1 cm³/mol. The van der Waals surface area contributed by atoms with Gasteiger partial charge < -0.3 is 15.9 Å². The smallest absolute Gasteiger partial charge is 0.390 e. The van der Waals surface area contributed by atoms with E-state index in [0.29, 0.717) is 5.56 Å². The lowest BCUT2D eigenvalue weighted by atomic mass is 9.90. The van der Waals surface area contributed by atoms with E-state index in [1.165, 1.54) is 0 Å². The van der Waals surface area contributed by atoms with Crippen molar-refractivity contribution < 1.29 is 28.2 Å². The SMILES string of the molecule is NC(CC(F)(F)F)C(O)CC(C(=O)O)c1ccccc1. The second-order valence-corrected chi connectivity index (χ2v) is 4.59. The predicted octanol–water partition coefficient (Wildman–Crippen LogP) is 1.89. The van der Waals surface area contributed by atoms with Crippen LogP contribution < -0.4 is 5.73 Å². The van der Waals surface area contributed by atoms with Crippen molar-refractivity contribution in [3.63, 3.8) is 0 Å². The van der Waals surface area contributed by atoms with Gasteiger partial charge in [0.15, 0.2) is 0 Å². The number of aliphatic hydroxyl groups is 1. The number of rotatable bonds is 6. The minimum absolute atomic E-state index is 0.364. The molecule has 4 nitrogen and oxygen atoms in total. The van der Waals surface area contributed by atoms with Gasteiger partial charge in [0, 0.05) is 6.04 Å². The summed E-state index contributed by atoms with van der Waals surface area (Å²) in [5, 5.41) is 18.8. The third kappa shape index (κ3) is 5.18. The number of nitrogens with two attached hydrogens (primary N) is 1. The van der Waals surface area contributed by atoms with Crippen LogP contribution in [0, 0.1) is 0 Å². The van der Waals surface area contributed by atoms with Crippen LogP contribution in [0.15, 0.2) is 30.3 Å². The normalized spacial score (nSPS) is 16.4. The summed E-state index contributed by atoms with van der Waals surface area (Å²) in [6.45, 7) is 0. The van der Waals surface area contributed by atoms with Crippen LogP contribution in [0.1, 0.15) is 24.3 Å². The summed E-state index contributed by atoms with van der Waals surface area (Å²) in [5.41, 5.74) is 5.68. The fourth-order valence-electron chi connectivity index (χ4n) is 1.88. The summed E-state index contributed by atoms with van der Waals surface area (Å²) >= 11 is 0. The molecule has 0 aliphatic heterocycles. The zero-order chi connectivity index (χ0) is 15.3. The molecule has 0 aliphatic rings. The van der Waals surface area contributed by atoms with E-state index in [1.807, 2.05) is 0 Å². The first-order valence-corrected chi connectivity index (χ1v) is 5.99. The summed E-state index contributed by atoms with van der Waals surface area (Å²) in [6.07, 6.45) is -7.75. The number of aliphatic carboxylic acids is 1. The van der Waals surface area contributed by atoms with Gasteiger partial charge in [0.05, 0.1) is 18.4 Å². The molecule has 112 valence electrons. The second kappa shape index (κ2) is 6.71. The van der Waals surface area contributed by atoms with E-state index in [-0.39, 0.29) is 6.42 Å². The zero-order valence-corrected chi connectivity index (χ0v) is 10.5. The molecule has 7 heteroatoms. The number of carboxylic acids is 1. The molecule has 4 N–H and O–H groups in total. The minimum atomic E-state index is -4.49. The average Bonchev–Trinajstić information content (AvgIpc) is 2.34. The molecule has 3 atom stereocenters. The molecule has 0 radical (unpaired) electrons. The molecule has 0 fully saturated rings. The first-order valence-electron chi connectivity index (χ1n) is 5.99. The number of hydrogen-bond donors (Lipinski definition) is 3. The Morgan fingerprint density at radius 1 is 1.25 bits per heavy atom. The van der Waals surface area contributed by atoms with Crippen molar-refractivity contribution in [2.45, 2.75) is 37.1 Å². The van der Waals surface area contributed by atoms with Crippen LogP contribution in [0.3, 0.4) is 0 Å². The fourth-order valence-corrected chi connectivity index (χ4v) is 1.88. The first kappa shape index (κ1) is 16.5. The van der Waals surface area contributed by atoms with Crippen LogP contribution in [0.25, 0.3) is 0 Å². The summed E-state index contributed by atoms with van der Waals surface area (Å²) < 4.78 is 36.5. The highest BCUT2D eigenvalue weighted by Crippen LogP contribution is 2.26. The lowest BCUT2D eigenvalue weighted by Gasteiger charge is -2.23. The van der Waals surface area contributed by atoms with Crippen LogP contribution >= 0.6 is 0 Å². The molecule has 0 aliphatic carbocycles. The number of benzene rings is 1. The summed E-state index contributed by atoms with van der Waals surface area (Å²) in [6, 6.07) is 6.47. The maximum Gasteiger partial charge on any atom is 0.390 e. The van der Waals surface area contributed by atoms with Crippen LogP contribution in [0.5, 0.6) is 0 Å². The number of halogens is 3. The lowest BCUT2D eigenvalue weighted by Crippen LogP contribution is -2.40. The molecule has 1 aromatic rings. The number of carboxylic acid groups (broad SMARTS) is 1. The van der Waals surface area contributed by atoms with E-state index in [0.717, 1.165) is 0 Å². The van der Waals surface area contributed by atoms with Crippen LogP contribution in [0.4, 0.5) is 13.2 Å². The van der Waals surface area contributed by atoms with E-state index < -0.39 is 36.6 Å². The Morgan fingerprint density at radius 2 is 1.80 bits per heavy atom. The Kier molecular flexibility index (Phi) is 5.52. The second-order valence-electron chi connectivity index (χ2n) is 4.59. The number of alkyl halides is 3. The van der Waals surface area contributed by atoms with Crippen molar-refractivity contribution in [2.24, 2.45) is 5.73 Å². The van der Waals surface area contributed by atoms with Gasteiger partial charge in [-0.1, -0.05) is 30.3 Å². The topological polar surface area (TPSA) is 83.5 Å². The van der Waals surface area contributed by atoms with Gasteiger partial charge in [-0.05, 0) is 12.0 Å². The van der Waals surface area contributed by atoms with Crippen molar-refractivity contribution >= 4 is 5.97 Å².